The summed E-state index contributed by atoms with van der Waals surface area (Å²) in [6.07, 6.45) is 6.78. The van der Waals surface area contributed by atoms with Gasteiger partial charge in [-0.2, -0.15) is 20.4 Å². The third-order valence-corrected chi connectivity index (χ3v) is 11.5. The average molecular weight is 925 g/mol. The number of fused-ring (bicyclic) bond motifs is 2. The van der Waals surface area contributed by atoms with E-state index in [1.165, 1.54) is 0 Å². The predicted molar refractivity (Wildman–Crippen MR) is 260 cm³/mol. The van der Waals surface area contributed by atoms with Crippen molar-refractivity contribution in [3.63, 3.8) is 0 Å². The van der Waals surface area contributed by atoms with Gasteiger partial charge in [-0.15, -0.1) is 0 Å². The van der Waals surface area contributed by atoms with Crippen molar-refractivity contribution in [3.05, 3.63) is 95.8 Å². The third-order valence-electron chi connectivity index (χ3n) is 11.5. The van der Waals surface area contributed by atoms with Gasteiger partial charge in [-0.1, -0.05) is 12.1 Å². The summed E-state index contributed by atoms with van der Waals surface area (Å²) in [4.78, 5) is 20.2. The largest absolute Gasteiger partial charge is 0.491 e. The maximum Gasteiger partial charge on any atom is 0.164 e. The summed E-state index contributed by atoms with van der Waals surface area (Å²) in [7, 11) is 7.41. The number of ether oxygens (including phenoxy) is 2. The van der Waals surface area contributed by atoms with Crippen LogP contribution in [0.1, 0.15) is 62.3 Å². The monoisotopic (exact) mass is 924 g/mol. The van der Waals surface area contributed by atoms with Crippen LogP contribution < -0.4 is 30.7 Å². The van der Waals surface area contributed by atoms with Crippen LogP contribution in [0.15, 0.2) is 73.2 Å². The van der Waals surface area contributed by atoms with E-state index in [-0.39, 0.29) is 18.8 Å². The highest BCUT2D eigenvalue weighted by atomic mass is 16.5. The van der Waals surface area contributed by atoms with Gasteiger partial charge in [-0.3, -0.25) is 9.36 Å². The number of benzene rings is 2. The highest BCUT2D eigenvalue weighted by molar-refractivity contribution is 5.89. The Balaban J connectivity index is 1.00. The van der Waals surface area contributed by atoms with Crippen LogP contribution in [-0.2, 0) is 39.1 Å². The van der Waals surface area contributed by atoms with E-state index in [9.17, 15) is 10.2 Å². The van der Waals surface area contributed by atoms with Crippen molar-refractivity contribution >= 4 is 33.7 Å². The Morgan fingerprint density at radius 1 is 0.721 bits per heavy atom. The van der Waals surface area contributed by atoms with Crippen molar-refractivity contribution in [2.24, 2.45) is 14.1 Å². The molecule has 1 fully saturated rings. The van der Waals surface area contributed by atoms with Crippen LogP contribution in [-0.4, -0.2) is 122 Å². The topological polar surface area (TPSA) is 230 Å². The van der Waals surface area contributed by atoms with Crippen LogP contribution in [0, 0.1) is 0 Å². The summed E-state index contributed by atoms with van der Waals surface area (Å²) in [5.41, 5.74) is 6.20. The fourth-order valence-electron chi connectivity index (χ4n) is 8.05. The Morgan fingerprint density at radius 3 is 2.07 bits per heavy atom. The fraction of sp³-hybridized carbons (Fsp3) is 0.417. The van der Waals surface area contributed by atoms with E-state index in [2.05, 4.69) is 59.3 Å². The quantitative estimate of drug-likeness (QED) is 0.0579. The van der Waals surface area contributed by atoms with Crippen LogP contribution >= 0.6 is 0 Å². The molecule has 0 spiro atoms. The lowest BCUT2D eigenvalue weighted by Gasteiger charge is -2.20. The van der Waals surface area contributed by atoms with E-state index < -0.39 is 12.2 Å². The summed E-state index contributed by atoms with van der Waals surface area (Å²) >= 11 is 0. The van der Waals surface area contributed by atoms with Crippen molar-refractivity contribution < 1.29 is 19.7 Å². The number of aliphatic hydroxyl groups is 2. The molecule has 0 amide bonds. The molecule has 2 unspecified atom stereocenters. The van der Waals surface area contributed by atoms with Gasteiger partial charge in [0.2, 0.25) is 0 Å². The molecule has 0 aliphatic heterocycles. The summed E-state index contributed by atoms with van der Waals surface area (Å²) in [6.45, 7) is 8.22. The van der Waals surface area contributed by atoms with Gasteiger partial charge in [-0.05, 0) is 95.7 Å². The molecular formula is C48H60N16O4. The van der Waals surface area contributed by atoms with E-state index in [0.29, 0.717) is 79.1 Å². The zero-order chi connectivity index (χ0) is 47.5. The summed E-state index contributed by atoms with van der Waals surface area (Å²) in [5.74, 6) is 3.50. The first-order valence-electron chi connectivity index (χ1n) is 23.0. The zero-order valence-electron chi connectivity index (χ0n) is 39.6. The number of aryl methyl sites for hydroxylation is 2. The lowest BCUT2D eigenvalue weighted by atomic mass is 10.0. The Hall–Kier alpha value is -7.00. The number of anilines is 2. The van der Waals surface area contributed by atoms with E-state index in [4.69, 9.17) is 44.7 Å². The summed E-state index contributed by atoms with van der Waals surface area (Å²) in [6, 6.07) is 17.9. The van der Waals surface area contributed by atoms with E-state index >= 15 is 0 Å². The molecule has 356 valence electrons. The standard InChI is InChI=1S/C48H60N16O4/c1-48(2,3)64-47-41(26-54-64)45(51-21-32-13-14-61(6)59-32)56-43(58-47)31-15-29(17-39(19-31)68-28-37(66)24-50-5)16-33-20-35(62(7)60-33)22-52-44-40-25-53-63(34-11-12-34)46(40)57-42(55-44)30-9-8-10-38(18-30)67-27-36(65)23-49-4/h8-10,13-15,17-20,25-26,34,36-37,49-50,65-66H,11-12,16,21-24,27-28H2,1-7H3,(H,51,56,58)(H,52,55,57). The second-order valence-electron chi connectivity index (χ2n) is 18.4. The van der Waals surface area contributed by atoms with Crippen LogP contribution in [0.2, 0.25) is 0 Å². The lowest BCUT2D eigenvalue weighted by Crippen LogP contribution is -2.29. The van der Waals surface area contributed by atoms with Crippen LogP contribution in [0.3, 0.4) is 0 Å². The first-order valence-corrected chi connectivity index (χ1v) is 23.0. The Labute approximate surface area is 394 Å². The van der Waals surface area contributed by atoms with E-state index in [1.54, 1.807) is 25.0 Å². The van der Waals surface area contributed by atoms with Crippen molar-refractivity contribution in [1.82, 2.24) is 69.7 Å². The SMILES string of the molecule is CNCC(O)COc1cccc(-c2nc(NCc3cc(Cc4cc(OCC(O)CNC)cc(-c5nc(NCc6ccn(C)n6)c6cnn(C(C)(C)C)c6n5)c4)nn3C)c3cnn(C4CC4)c3n2)c1. The van der Waals surface area contributed by atoms with Gasteiger partial charge < -0.3 is 41.0 Å². The third kappa shape index (κ3) is 10.6. The molecule has 1 saturated carbocycles. The number of aliphatic hydroxyl groups excluding tert-OH is 2. The fourth-order valence-corrected chi connectivity index (χ4v) is 8.05. The normalized spacial score (nSPS) is 13.9. The van der Waals surface area contributed by atoms with Gasteiger partial charge in [0.05, 0.1) is 64.9 Å². The van der Waals surface area contributed by atoms with Crippen LogP contribution in [0.25, 0.3) is 44.8 Å². The molecule has 20 nitrogen and oxygen atoms in total. The molecular weight excluding hydrogens is 865 g/mol. The Morgan fingerprint density at radius 2 is 1.38 bits per heavy atom. The van der Waals surface area contributed by atoms with Gasteiger partial charge >= 0.3 is 0 Å². The maximum atomic E-state index is 10.6. The second-order valence-corrected chi connectivity index (χ2v) is 18.4. The first-order chi connectivity index (χ1) is 32.8. The van der Waals surface area contributed by atoms with Crippen molar-refractivity contribution in [3.8, 4) is 34.3 Å². The number of rotatable bonds is 21. The number of nitrogens with one attached hydrogen (secondary N) is 4. The Kier molecular flexibility index (Phi) is 13.4. The smallest absolute Gasteiger partial charge is 0.164 e. The highest BCUT2D eigenvalue weighted by Gasteiger charge is 2.28. The highest BCUT2D eigenvalue weighted by Crippen LogP contribution is 2.38. The molecule has 0 saturated heterocycles. The number of hydrogen-bond donors (Lipinski definition) is 6. The Bertz CT molecular complexity index is 3020. The van der Waals surface area contributed by atoms with Crippen LogP contribution in [0.5, 0.6) is 11.5 Å². The van der Waals surface area contributed by atoms with Gasteiger partial charge in [0.1, 0.15) is 48.6 Å². The number of hydrogen-bond acceptors (Lipinski definition) is 16. The number of likely N-dealkylation sites (N-methyl/N-ethyl adjacent to an activating group) is 2. The lowest BCUT2D eigenvalue weighted by molar-refractivity contribution is 0.108. The predicted octanol–water partition coefficient (Wildman–Crippen LogP) is 4.59. The minimum absolute atomic E-state index is 0.0919. The van der Waals surface area contributed by atoms with E-state index in [1.807, 2.05) is 83.0 Å². The average Bonchev–Trinajstić information content (AvgIpc) is 3.57. The maximum absolute atomic E-state index is 10.6. The summed E-state index contributed by atoms with van der Waals surface area (Å²) < 4.78 is 19.7. The zero-order valence-corrected chi connectivity index (χ0v) is 39.6. The molecule has 20 heteroatoms. The van der Waals surface area contributed by atoms with Gasteiger partial charge in [-0.25, -0.2) is 29.3 Å². The molecule has 2 aromatic carbocycles. The molecule has 0 bridgehead atoms. The number of nitrogens with zero attached hydrogens (tertiary/aromatic N) is 12. The molecule has 6 heterocycles. The molecule has 1 aliphatic rings. The van der Waals surface area contributed by atoms with Gasteiger partial charge in [0.25, 0.3) is 0 Å². The minimum Gasteiger partial charge on any atom is -0.491 e. The molecule has 2 atom stereocenters. The molecule has 68 heavy (non-hydrogen) atoms. The molecule has 0 radical (unpaired) electrons. The molecule has 9 rings (SSSR count). The van der Waals surface area contributed by atoms with E-state index in [0.717, 1.165) is 63.0 Å². The first kappa shape index (κ1) is 46.1. The minimum atomic E-state index is -0.711. The molecule has 6 N–H and O–H groups in total. The van der Waals surface area contributed by atoms with Crippen molar-refractivity contribution in [1.29, 1.82) is 0 Å². The van der Waals surface area contributed by atoms with Gasteiger partial charge in [0.15, 0.2) is 22.9 Å². The summed E-state index contributed by atoms with van der Waals surface area (Å²) in [5, 5.41) is 54.5. The van der Waals surface area contributed by atoms with Crippen LogP contribution in [0.4, 0.5) is 11.6 Å². The molecule has 1 aliphatic carbocycles. The molecule has 6 aromatic heterocycles. The second kappa shape index (κ2) is 19.7. The van der Waals surface area contributed by atoms with Crippen molar-refractivity contribution in [2.45, 2.75) is 76.9 Å². The molecule has 8 aromatic rings. The number of aromatic nitrogens is 12. The van der Waals surface area contributed by atoms with Gasteiger partial charge in [0, 0.05) is 50.9 Å². The van der Waals surface area contributed by atoms with Crippen molar-refractivity contribution in [2.75, 3.05) is 51.0 Å².